The molecule has 0 aliphatic carbocycles. The smallest absolute Gasteiger partial charge is 0.221 e. The van der Waals surface area contributed by atoms with Crippen molar-refractivity contribution in [3.8, 4) is 0 Å². The summed E-state index contributed by atoms with van der Waals surface area (Å²) in [5, 5.41) is 8.86. The number of nitrogens with zero attached hydrogens (tertiary/aromatic N) is 6. The zero-order valence-electron chi connectivity index (χ0n) is 13.8. The minimum atomic E-state index is -0.366. The minimum Gasteiger partial charge on any atom is -0.279 e. The zero-order valence-corrected chi connectivity index (χ0v) is 13.8. The van der Waals surface area contributed by atoms with Crippen molar-refractivity contribution in [2.45, 2.75) is 6.54 Å². The lowest BCUT2D eigenvalue weighted by atomic mass is 10.1. The summed E-state index contributed by atoms with van der Waals surface area (Å²) in [6, 6.07) is 6.84. The van der Waals surface area contributed by atoms with Crippen LogP contribution in [0.4, 0.5) is 4.39 Å². The first kappa shape index (κ1) is 16.0. The molecule has 9 heteroatoms. The van der Waals surface area contributed by atoms with Crippen molar-refractivity contribution in [3.63, 3.8) is 0 Å². The Kier molecular flexibility index (Phi) is 3.98. The Morgan fingerprint density at radius 3 is 3.08 bits per heavy atom. The van der Waals surface area contributed by atoms with Crippen LogP contribution in [0.15, 0.2) is 43.2 Å². The fraction of sp³-hybridized carbons (Fsp3) is 0.118. The number of aromatic nitrogens is 6. The Morgan fingerprint density at radius 1 is 1.35 bits per heavy atom. The number of rotatable bonds is 5. The van der Waals surface area contributed by atoms with E-state index in [1.54, 1.807) is 18.3 Å². The molecule has 0 aliphatic rings. The van der Waals surface area contributed by atoms with E-state index in [0.29, 0.717) is 33.8 Å². The molecule has 0 spiro atoms. The average Bonchev–Trinajstić information content (AvgIpc) is 3.04. The van der Waals surface area contributed by atoms with Gasteiger partial charge >= 0.3 is 0 Å². The van der Waals surface area contributed by atoms with Gasteiger partial charge in [-0.25, -0.2) is 19.0 Å². The van der Waals surface area contributed by atoms with Crippen molar-refractivity contribution in [1.82, 2.24) is 35.4 Å². The average molecular weight is 351 g/mol. The van der Waals surface area contributed by atoms with Gasteiger partial charge in [0.15, 0.2) is 5.65 Å². The lowest BCUT2D eigenvalue weighted by Crippen LogP contribution is -2.11. The number of hydrogen-bond donors (Lipinski definition) is 1. The molecule has 0 bridgehead atoms. The van der Waals surface area contributed by atoms with Crippen molar-refractivity contribution in [3.05, 3.63) is 60.3 Å². The van der Waals surface area contributed by atoms with Gasteiger partial charge in [-0.05, 0) is 12.1 Å². The molecule has 1 N–H and O–H groups in total. The molecule has 0 unspecified atom stereocenters. The first-order valence-corrected chi connectivity index (χ1v) is 7.73. The summed E-state index contributed by atoms with van der Waals surface area (Å²) < 4.78 is 15.9. The Balaban J connectivity index is 1.74. The van der Waals surface area contributed by atoms with Crippen LogP contribution in [0.1, 0.15) is 11.3 Å². The van der Waals surface area contributed by atoms with E-state index in [9.17, 15) is 4.39 Å². The van der Waals surface area contributed by atoms with Crippen molar-refractivity contribution in [2.75, 3.05) is 7.11 Å². The predicted molar refractivity (Wildman–Crippen MR) is 93.1 cm³/mol. The van der Waals surface area contributed by atoms with Crippen LogP contribution in [-0.2, 0) is 11.4 Å². The van der Waals surface area contributed by atoms with Crippen molar-refractivity contribution in [1.29, 1.82) is 0 Å². The van der Waals surface area contributed by atoms with Crippen LogP contribution in [0.25, 0.3) is 27.9 Å². The maximum Gasteiger partial charge on any atom is 0.221 e. The highest BCUT2D eigenvalue weighted by Gasteiger charge is 2.13. The molecule has 26 heavy (non-hydrogen) atoms. The molecular weight excluding hydrogens is 337 g/mol. The number of hydroxylamine groups is 1. The minimum absolute atomic E-state index is 0.162. The van der Waals surface area contributed by atoms with E-state index in [1.807, 2.05) is 6.07 Å². The SMILES string of the molecule is C=C(NOC)c1cnc2nnn(Cc3cc4cccnc4cc3F)c2n1. The number of fused-ring (bicyclic) bond motifs is 2. The number of hydrogen-bond acceptors (Lipinski definition) is 7. The molecule has 130 valence electrons. The van der Waals surface area contributed by atoms with Crippen LogP contribution in [0.5, 0.6) is 0 Å². The standard InChI is InChI=1S/C17H14FN7O/c1-10(23-26-2)15-8-20-16-17(21-15)25(24-22-16)9-12-6-11-4-3-5-19-14(11)7-13(12)18/h3-8,23H,1,9H2,2H3. The van der Waals surface area contributed by atoms with Gasteiger partial charge in [-0.2, -0.15) is 0 Å². The summed E-state index contributed by atoms with van der Waals surface area (Å²) in [6.07, 6.45) is 3.14. The summed E-state index contributed by atoms with van der Waals surface area (Å²) in [4.78, 5) is 17.6. The third kappa shape index (κ3) is 2.84. The van der Waals surface area contributed by atoms with Crippen molar-refractivity contribution >= 4 is 27.9 Å². The summed E-state index contributed by atoms with van der Waals surface area (Å²) in [5.41, 5.74) is 5.36. The molecule has 3 aromatic heterocycles. The molecule has 0 aliphatic heterocycles. The predicted octanol–water partition coefficient (Wildman–Crippen LogP) is 2.08. The molecule has 0 atom stereocenters. The molecule has 4 aromatic rings. The molecule has 0 amide bonds. The molecule has 3 heterocycles. The lowest BCUT2D eigenvalue weighted by molar-refractivity contribution is 0.136. The van der Waals surface area contributed by atoms with E-state index in [1.165, 1.54) is 24.1 Å². The molecule has 4 rings (SSSR count). The van der Waals surface area contributed by atoms with Crippen LogP contribution in [-0.4, -0.2) is 37.1 Å². The first-order chi connectivity index (χ1) is 12.7. The van der Waals surface area contributed by atoms with Crippen LogP contribution in [0.2, 0.25) is 0 Å². The Bertz CT molecular complexity index is 1120. The zero-order chi connectivity index (χ0) is 18.1. The maximum absolute atomic E-state index is 14.4. The topological polar surface area (TPSA) is 90.6 Å². The second-order valence-electron chi connectivity index (χ2n) is 5.57. The highest BCUT2D eigenvalue weighted by molar-refractivity contribution is 5.79. The normalized spacial score (nSPS) is 11.2. The first-order valence-electron chi connectivity index (χ1n) is 7.73. The van der Waals surface area contributed by atoms with Crippen molar-refractivity contribution < 1.29 is 9.23 Å². The Hall–Kier alpha value is -3.46. The number of nitrogens with one attached hydrogen (secondary N) is 1. The Morgan fingerprint density at radius 2 is 2.23 bits per heavy atom. The van der Waals surface area contributed by atoms with Gasteiger partial charge in [0.25, 0.3) is 0 Å². The maximum atomic E-state index is 14.4. The summed E-state index contributed by atoms with van der Waals surface area (Å²) in [6.45, 7) is 3.97. The second kappa shape index (κ2) is 6.45. The molecular formula is C17H14FN7O. The third-order valence-electron chi connectivity index (χ3n) is 3.85. The highest BCUT2D eigenvalue weighted by Crippen LogP contribution is 2.19. The fourth-order valence-corrected chi connectivity index (χ4v) is 2.61. The van der Waals surface area contributed by atoms with Gasteiger partial charge in [-0.1, -0.05) is 17.9 Å². The molecule has 0 fully saturated rings. The van der Waals surface area contributed by atoms with E-state index < -0.39 is 0 Å². The van der Waals surface area contributed by atoms with Crippen LogP contribution < -0.4 is 5.48 Å². The van der Waals surface area contributed by atoms with Gasteiger partial charge in [-0.15, -0.1) is 5.10 Å². The van der Waals surface area contributed by atoms with Crippen LogP contribution in [0, 0.1) is 5.82 Å². The second-order valence-corrected chi connectivity index (χ2v) is 5.57. The van der Waals surface area contributed by atoms with E-state index in [4.69, 9.17) is 4.84 Å². The van der Waals surface area contributed by atoms with Gasteiger partial charge in [0.05, 0.1) is 31.1 Å². The van der Waals surface area contributed by atoms with Gasteiger partial charge in [0, 0.05) is 23.2 Å². The van der Waals surface area contributed by atoms with E-state index in [0.717, 1.165) is 5.39 Å². The van der Waals surface area contributed by atoms with Gasteiger partial charge in [-0.3, -0.25) is 15.3 Å². The molecule has 0 radical (unpaired) electrons. The van der Waals surface area contributed by atoms with Gasteiger partial charge < -0.3 is 0 Å². The van der Waals surface area contributed by atoms with E-state index >= 15 is 0 Å². The van der Waals surface area contributed by atoms with Crippen LogP contribution in [0.3, 0.4) is 0 Å². The molecule has 0 saturated carbocycles. The summed E-state index contributed by atoms with van der Waals surface area (Å²) >= 11 is 0. The summed E-state index contributed by atoms with van der Waals surface area (Å²) in [7, 11) is 1.47. The molecule has 8 nitrogen and oxygen atoms in total. The highest BCUT2D eigenvalue weighted by atomic mass is 19.1. The van der Waals surface area contributed by atoms with Gasteiger partial charge in [0.2, 0.25) is 5.65 Å². The van der Waals surface area contributed by atoms with E-state index in [-0.39, 0.29) is 12.4 Å². The largest absolute Gasteiger partial charge is 0.279 e. The molecule has 1 aromatic carbocycles. The monoisotopic (exact) mass is 351 g/mol. The third-order valence-corrected chi connectivity index (χ3v) is 3.85. The van der Waals surface area contributed by atoms with Gasteiger partial charge in [0.1, 0.15) is 11.5 Å². The van der Waals surface area contributed by atoms with Crippen molar-refractivity contribution in [2.24, 2.45) is 0 Å². The van der Waals surface area contributed by atoms with Crippen LogP contribution >= 0.6 is 0 Å². The Labute approximate surface area is 147 Å². The summed E-state index contributed by atoms with van der Waals surface area (Å²) in [5.74, 6) is -0.366. The fourth-order valence-electron chi connectivity index (χ4n) is 2.61. The quantitative estimate of drug-likeness (QED) is 0.551. The number of benzene rings is 1. The van der Waals surface area contributed by atoms with E-state index in [2.05, 4.69) is 37.3 Å². The number of halogens is 1. The lowest BCUT2D eigenvalue weighted by Gasteiger charge is -2.07. The number of pyridine rings is 1. The molecule has 0 saturated heterocycles.